The molecule has 0 bridgehead atoms. The van der Waals surface area contributed by atoms with Crippen molar-refractivity contribution in [2.24, 2.45) is 130 Å². The summed E-state index contributed by atoms with van der Waals surface area (Å²) < 4.78 is 10.9. The van der Waals surface area contributed by atoms with Crippen LogP contribution in [0.1, 0.15) is 392 Å². The van der Waals surface area contributed by atoms with Crippen molar-refractivity contribution in [3.05, 3.63) is 0 Å². The van der Waals surface area contributed by atoms with E-state index in [-0.39, 0.29) is 25.2 Å². The third-order valence-corrected chi connectivity index (χ3v) is 28.7. The third kappa shape index (κ3) is 28.3. The van der Waals surface area contributed by atoms with Crippen LogP contribution in [0.15, 0.2) is 0 Å². The van der Waals surface area contributed by atoms with Crippen molar-refractivity contribution in [3.8, 4) is 0 Å². The summed E-state index contributed by atoms with van der Waals surface area (Å²) in [6, 6.07) is 0. The Bertz CT molecular complexity index is 1380. The first-order chi connectivity index (χ1) is 41.6. The van der Waals surface area contributed by atoms with Crippen LogP contribution in [0.25, 0.3) is 0 Å². The topological polar surface area (TPSA) is 81.5 Å². The molecule has 0 amide bonds. The molecule has 0 heterocycles. The molecule has 0 unspecified atom stereocenters. The van der Waals surface area contributed by atoms with Gasteiger partial charge in [-0.2, -0.15) is 0 Å². The summed E-state index contributed by atoms with van der Waals surface area (Å²) in [7, 11) is 3.74. The summed E-state index contributed by atoms with van der Waals surface area (Å²) in [5, 5.41) is 0. The lowest BCUT2D eigenvalue weighted by atomic mass is 9.70. The van der Waals surface area contributed by atoms with Gasteiger partial charge in [-0.15, -0.1) is 0 Å². The maximum Gasteiger partial charge on any atom is 0.0571 e. The molecular formula is C84H180O4. The first kappa shape index (κ1) is 78.5. The quantitative estimate of drug-likeness (QED) is 0.243. The van der Waals surface area contributed by atoms with Gasteiger partial charge >= 0.3 is 0 Å². The minimum absolute atomic E-state index is 0. The van der Waals surface area contributed by atoms with Crippen molar-refractivity contribution in [2.75, 3.05) is 14.2 Å². The van der Waals surface area contributed by atoms with Gasteiger partial charge in [0.15, 0.2) is 0 Å². The van der Waals surface area contributed by atoms with Crippen LogP contribution in [0.2, 0.25) is 0 Å². The van der Waals surface area contributed by atoms with Gasteiger partial charge in [0, 0.05) is 28.5 Å². The highest BCUT2D eigenvalue weighted by Gasteiger charge is 2.35. The lowest BCUT2D eigenvalue weighted by Gasteiger charge is -2.36. The molecule has 4 nitrogen and oxygen atoms in total. The molecule has 0 aromatic heterocycles. The Morgan fingerprint density at radius 3 is 0.307 bits per heavy atom. The number of hydrogen-bond donors (Lipinski definition) is 0. The van der Waals surface area contributed by atoms with Crippen LogP contribution in [0.3, 0.4) is 0 Å². The molecule has 4 heteroatoms. The van der Waals surface area contributed by atoms with E-state index >= 15 is 0 Å². The molecule has 12 fully saturated rings. The minimum Gasteiger partial charge on any atom is -0.412 e. The van der Waals surface area contributed by atoms with Gasteiger partial charge in [-0.3, -0.25) is 0 Å². The fourth-order valence-electron chi connectivity index (χ4n) is 21.2. The molecule has 0 aliphatic heterocycles. The first-order valence-corrected chi connectivity index (χ1v) is 40.7. The molecule has 540 valence electrons. The van der Waals surface area contributed by atoms with Crippen molar-refractivity contribution in [3.63, 3.8) is 0 Å². The first-order valence-electron chi connectivity index (χ1n) is 40.7. The second-order valence-corrected chi connectivity index (χ2v) is 35.7. The molecule has 0 saturated heterocycles. The lowest BCUT2D eigenvalue weighted by Crippen LogP contribution is -2.27. The smallest absolute Gasteiger partial charge is 0.0571 e. The van der Waals surface area contributed by atoms with Gasteiger partial charge in [0.2, 0.25) is 0 Å². The van der Waals surface area contributed by atoms with E-state index in [4.69, 9.17) is 9.47 Å². The highest BCUT2D eigenvalue weighted by atomic mass is 16.5. The van der Waals surface area contributed by atoms with E-state index in [9.17, 15) is 0 Å². The average molecular weight is 1250 g/mol. The maximum absolute atomic E-state index is 5.44. The van der Waals surface area contributed by atoms with E-state index < -0.39 is 0 Å². The second-order valence-electron chi connectivity index (χ2n) is 35.7. The molecule has 12 aliphatic carbocycles. The molecule has 0 atom stereocenters. The Morgan fingerprint density at radius 1 is 0.148 bits per heavy atom. The monoisotopic (exact) mass is 1250 g/mol. The zero-order valence-corrected chi connectivity index (χ0v) is 61.6. The molecule has 0 radical (unpaired) electrons. The van der Waals surface area contributed by atoms with Crippen LogP contribution in [0.4, 0.5) is 0 Å². The van der Waals surface area contributed by atoms with E-state index in [1.807, 2.05) is 14.2 Å². The molecule has 0 aromatic carbocycles. The van der Waals surface area contributed by atoms with Gasteiger partial charge in [-0.05, 0) is 310 Å². The summed E-state index contributed by atoms with van der Waals surface area (Å²) in [6.45, 7) is 24.3. The molecule has 4 N–H and O–H groups in total. The molecule has 0 spiro atoms. The van der Waals surface area contributed by atoms with Crippen LogP contribution >= 0.6 is 0 Å². The van der Waals surface area contributed by atoms with Crippen LogP contribution in [-0.4, -0.2) is 37.4 Å². The Balaban J connectivity index is -0.000000253. The zero-order valence-electron chi connectivity index (χ0n) is 61.6. The number of methoxy groups -OCH3 is 2. The van der Waals surface area contributed by atoms with Crippen LogP contribution in [0, 0.1) is 130 Å². The van der Waals surface area contributed by atoms with Crippen LogP contribution in [0.5, 0.6) is 0 Å². The van der Waals surface area contributed by atoms with E-state index in [0.29, 0.717) is 12.2 Å². The normalized spacial score (nSPS) is 43.2. The van der Waals surface area contributed by atoms with Gasteiger partial charge in [-0.25, -0.2) is 0 Å². The van der Waals surface area contributed by atoms with E-state index in [1.165, 1.54) is 205 Å². The van der Waals surface area contributed by atoms with E-state index in [0.717, 1.165) is 130 Å². The summed E-state index contributed by atoms with van der Waals surface area (Å²) in [4.78, 5) is 0. The van der Waals surface area contributed by atoms with Gasteiger partial charge in [0.05, 0.1) is 12.2 Å². The fourth-order valence-corrected chi connectivity index (χ4v) is 21.2. The zero-order chi connectivity index (χ0) is 61.2. The summed E-state index contributed by atoms with van der Waals surface area (Å²) in [5.41, 5.74) is 0. The van der Waals surface area contributed by atoms with Gasteiger partial charge in [0.25, 0.3) is 0 Å². The number of hydrogen-bond acceptors (Lipinski definition) is 2. The molecule has 12 rings (SSSR count). The Labute approximate surface area is 566 Å². The Hall–Kier alpha value is -0.160. The van der Waals surface area contributed by atoms with Crippen molar-refractivity contribution < 1.29 is 34.7 Å². The largest absolute Gasteiger partial charge is 0.412 e. The fraction of sp³-hybridized carbons (Fsp3) is 1.00. The maximum atomic E-state index is 5.44. The highest BCUT2D eigenvalue weighted by Crippen LogP contribution is 2.47. The predicted molar refractivity (Wildman–Crippen MR) is 405 cm³/mol. The van der Waals surface area contributed by atoms with Crippen molar-refractivity contribution in [1.82, 2.24) is 0 Å². The number of rotatable bonds is 8. The predicted octanol–water partition coefficient (Wildman–Crippen LogP) is 27.4. The molecule has 88 heavy (non-hydrogen) atoms. The van der Waals surface area contributed by atoms with Crippen LogP contribution < -0.4 is 0 Å². The van der Waals surface area contributed by atoms with E-state index in [2.05, 4.69) is 69.2 Å². The molecule has 0 aromatic rings. The Kier molecular flexibility index (Phi) is 38.5. The van der Waals surface area contributed by atoms with E-state index in [1.54, 1.807) is 103 Å². The number of ether oxygens (including phenoxy) is 2. The minimum atomic E-state index is 0. The highest BCUT2D eigenvalue weighted by molar-refractivity contribution is 4.86. The second kappa shape index (κ2) is 43.1. The summed E-state index contributed by atoms with van der Waals surface area (Å²) in [6.07, 6.45) is 72.9. The Morgan fingerprint density at radius 2 is 0.227 bits per heavy atom. The standard InChI is InChI=1S/2C14H26O.4C14H26.2H2O.10H2/c2*1-11-3-5-12(6-4-11)13-7-9-14(15-2)10-8-13;4*1-11-3-7-13(8-4-11)14-9-5-12(2)6-10-14;;;;;;;;;;;;/h2*11-14H,3-10H2,1-2H3;4*11-14H,3-10H2,1-2H3;2*1H2;10*1H. The summed E-state index contributed by atoms with van der Waals surface area (Å²) >= 11 is 0. The lowest BCUT2D eigenvalue weighted by molar-refractivity contribution is 0.0398. The molecule has 12 saturated carbocycles. The van der Waals surface area contributed by atoms with Crippen molar-refractivity contribution in [2.45, 2.75) is 390 Å². The van der Waals surface area contributed by atoms with Crippen LogP contribution in [-0.2, 0) is 9.47 Å². The third-order valence-electron chi connectivity index (χ3n) is 28.7. The molecule has 12 aliphatic rings. The van der Waals surface area contributed by atoms with Gasteiger partial charge in [0.1, 0.15) is 0 Å². The van der Waals surface area contributed by atoms with Gasteiger partial charge < -0.3 is 20.4 Å². The van der Waals surface area contributed by atoms with Crippen molar-refractivity contribution >= 4 is 0 Å². The molecular weight excluding hydrogens is 1070 g/mol. The SMILES string of the molecule is CC1CCC(C2CCC(C)CC2)CC1.CC1CCC(C2CCC(C)CC2)CC1.CC1CCC(C2CCC(C)CC2)CC1.CC1CCC(C2CCC(C)CC2)CC1.COC1CCC(C2CCC(C)CC2)CC1.COC1CCC(C2CCC(C)CC2)CC1.O.O.[HH].[HH].[HH].[HH].[HH].[HH].[HH].[HH].[HH].[HH]. The van der Waals surface area contributed by atoms with Crippen molar-refractivity contribution in [1.29, 1.82) is 0 Å². The van der Waals surface area contributed by atoms with Gasteiger partial charge in [-0.1, -0.05) is 198 Å². The summed E-state index contributed by atoms with van der Waals surface area (Å²) in [5.74, 6) is 23.2. The average Bonchev–Trinajstić information content (AvgIpc) is 1.02.